The van der Waals surface area contributed by atoms with Crippen molar-refractivity contribution >= 4 is 0 Å². The summed E-state index contributed by atoms with van der Waals surface area (Å²) in [5, 5.41) is 7.99. The molecule has 0 N–H and O–H groups in total. The maximum Gasteiger partial charge on any atom is 0.108 e. The summed E-state index contributed by atoms with van der Waals surface area (Å²) in [5.74, 6) is 0. The highest BCUT2D eigenvalue weighted by Gasteiger charge is 1.99. The quantitative estimate of drug-likeness (QED) is 0.492. The molecule has 0 aliphatic heterocycles. The van der Waals surface area contributed by atoms with E-state index in [1.807, 2.05) is 10.9 Å². The second kappa shape index (κ2) is 6.32. The van der Waals surface area contributed by atoms with Crippen molar-refractivity contribution in [3.63, 3.8) is 0 Å². The van der Waals surface area contributed by atoms with Crippen LogP contribution in [0.4, 0.5) is 0 Å². The van der Waals surface area contributed by atoms with E-state index in [1.165, 1.54) is 6.42 Å². The summed E-state index contributed by atoms with van der Waals surface area (Å²) < 4.78 is 7.11. The predicted octanol–water partition coefficient (Wildman–Crippen LogP) is 1.78. The average molecular weight is 195 g/mol. The van der Waals surface area contributed by atoms with Crippen molar-refractivity contribution in [3.05, 3.63) is 24.5 Å². The van der Waals surface area contributed by atoms with Gasteiger partial charge in [-0.2, -0.15) is 0 Å². The lowest BCUT2D eigenvalue weighted by atomic mass is 10.3. The molecule has 1 aromatic heterocycles. The molecule has 0 spiro atoms. The van der Waals surface area contributed by atoms with Crippen LogP contribution in [-0.4, -0.2) is 21.6 Å². The smallest absolute Gasteiger partial charge is 0.108 e. The number of hydrogen-bond acceptors (Lipinski definition) is 3. The molecular weight excluding hydrogens is 178 g/mol. The lowest BCUT2D eigenvalue weighted by Gasteiger charge is -1.96. The van der Waals surface area contributed by atoms with E-state index in [9.17, 15) is 0 Å². The molecule has 1 heterocycles. The Morgan fingerprint density at radius 3 is 3.21 bits per heavy atom. The summed E-state index contributed by atoms with van der Waals surface area (Å²) in [5.41, 5.74) is 0.878. The SMILES string of the molecule is C=CCOCc1cn(CCCC)nn1. The third-order valence-corrected chi connectivity index (χ3v) is 1.81. The molecule has 0 unspecified atom stereocenters. The van der Waals surface area contributed by atoms with Crippen LogP contribution in [0, 0.1) is 0 Å². The third-order valence-electron chi connectivity index (χ3n) is 1.81. The lowest BCUT2D eigenvalue weighted by Crippen LogP contribution is -1.97. The second-order valence-electron chi connectivity index (χ2n) is 3.13. The van der Waals surface area contributed by atoms with Crippen LogP contribution in [0.1, 0.15) is 25.5 Å². The van der Waals surface area contributed by atoms with Crippen LogP contribution < -0.4 is 0 Å². The average Bonchev–Trinajstić information content (AvgIpc) is 2.63. The Bertz CT molecular complexity index is 270. The molecule has 4 nitrogen and oxygen atoms in total. The topological polar surface area (TPSA) is 39.9 Å². The van der Waals surface area contributed by atoms with Gasteiger partial charge in [-0.1, -0.05) is 24.6 Å². The molecule has 0 aromatic carbocycles. The van der Waals surface area contributed by atoms with Crippen LogP contribution in [0.15, 0.2) is 18.9 Å². The Balaban J connectivity index is 2.31. The number of hydrogen-bond donors (Lipinski definition) is 0. The first-order chi connectivity index (χ1) is 6.86. The Kier molecular flexibility index (Phi) is 4.93. The minimum Gasteiger partial charge on any atom is -0.371 e. The van der Waals surface area contributed by atoms with E-state index in [0.717, 1.165) is 18.7 Å². The van der Waals surface area contributed by atoms with E-state index in [4.69, 9.17) is 4.74 Å². The van der Waals surface area contributed by atoms with Gasteiger partial charge >= 0.3 is 0 Å². The van der Waals surface area contributed by atoms with Crippen molar-refractivity contribution in [1.29, 1.82) is 0 Å². The molecule has 0 fully saturated rings. The minimum atomic E-state index is 0.512. The van der Waals surface area contributed by atoms with Gasteiger partial charge in [0, 0.05) is 6.54 Å². The first kappa shape index (κ1) is 10.9. The van der Waals surface area contributed by atoms with Gasteiger partial charge in [-0.3, -0.25) is 4.68 Å². The van der Waals surface area contributed by atoms with Gasteiger partial charge < -0.3 is 4.74 Å². The molecule has 4 heteroatoms. The molecule has 0 saturated heterocycles. The first-order valence-corrected chi connectivity index (χ1v) is 4.94. The van der Waals surface area contributed by atoms with Crippen LogP contribution >= 0.6 is 0 Å². The Hall–Kier alpha value is -1.16. The predicted molar refractivity (Wildman–Crippen MR) is 54.8 cm³/mol. The Morgan fingerprint density at radius 2 is 2.50 bits per heavy atom. The summed E-state index contributed by atoms with van der Waals surface area (Å²) in [6.45, 7) is 7.73. The van der Waals surface area contributed by atoms with Gasteiger partial charge in [-0.25, -0.2) is 0 Å². The molecule has 1 rings (SSSR count). The lowest BCUT2D eigenvalue weighted by molar-refractivity contribution is 0.146. The standard InChI is InChI=1S/C10H17N3O/c1-3-5-6-13-8-10(11-12-13)9-14-7-4-2/h4,8H,2-3,5-7,9H2,1H3. The van der Waals surface area contributed by atoms with Gasteiger partial charge in [0.1, 0.15) is 5.69 Å². The normalized spacial score (nSPS) is 10.4. The molecule has 0 atom stereocenters. The van der Waals surface area contributed by atoms with Crippen molar-refractivity contribution in [2.45, 2.75) is 32.9 Å². The van der Waals surface area contributed by atoms with E-state index < -0.39 is 0 Å². The monoisotopic (exact) mass is 195 g/mol. The molecule has 0 bridgehead atoms. The maximum absolute atomic E-state index is 5.25. The molecular formula is C10H17N3O. The van der Waals surface area contributed by atoms with Crippen LogP contribution in [0.3, 0.4) is 0 Å². The Morgan fingerprint density at radius 1 is 1.64 bits per heavy atom. The van der Waals surface area contributed by atoms with Crippen molar-refractivity contribution < 1.29 is 4.74 Å². The fourth-order valence-electron chi connectivity index (χ4n) is 1.08. The highest BCUT2D eigenvalue weighted by molar-refractivity contribution is 4.89. The zero-order valence-corrected chi connectivity index (χ0v) is 8.65. The van der Waals surface area contributed by atoms with Gasteiger partial charge in [0.15, 0.2) is 0 Å². The summed E-state index contributed by atoms with van der Waals surface area (Å²) in [6, 6.07) is 0. The summed E-state index contributed by atoms with van der Waals surface area (Å²) in [4.78, 5) is 0. The van der Waals surface area contributed by atoms with Crippen molar-refractivity contribution in [2.75, 3.05) is 6.61 Å². The Labute approximate surface area is 84.6 Å². The number of nitrogens with zero attached hydrogens (tertiary/aromatic N) is 3. The minimum absolute atomic E-state index is 0.512. The third kappa shape index (κ3) is 3.70. The molecule has 1 aromatic rings. The van der Waals surface area contributed by atoms with Crippen LogP contribution in [0.2, 0.25) is 0 Å². The van der Waals surface area contributed by atoms with E-state index in [-0.39, 0.29) is 0 Å². The second-order valence-corrected chi connectivity index (χ2v) is 3.13. The number of rotatable bonds is 7. The fourth-order valence-corrected chi connectivity index (χ4v) is 1.08. The summed E-state index contributed by atoms with van der Waals surface area (Å²) >= 11 is 0. The van der Waals surface area contributed by atoms with E-state index in [0.29, 0.717) is 13.2 Å². The maximum atomic E-state index is 5.25. The van der Waals surface area contributed by atoms with Gasteiger partial charge in [0.05, 0.1) is 19.4 Å². The highest BCUT2D eigenvalue weighted by atomic mass is 16.5. The van der Waals surface area contributed by atoms with Crippen molar-refractivity contribution in [3.8, 4) is 0 Å². The van der Waals surface area contributed by atoms with Crippen LogP contribution in [-0.2, 0) is 17.9 Å². The van der Waals surface area contributed by atoms with E-state index in [1.54, 1.807) is 6.08 Å². The van der Waals surface area contributed by atoms with Gasteiger partial charge in [-0.15, -0.1) is 11.7 Å². The first-order valence-electron chi connectivity index (χ1n) is 4.94. The molecule has 14 heavy (non-hydrogen) atoms. The number of aryl methyl sites for hydroxylation is 1. The number of unbranched alkanes of at least 4 members (excludes halogenated alkanes) is 1. The highest BCUT2D eigenvalue weighted by Crippen LogP contribution is 1.98. The van der Waals surface area contributed by atoms with Crippen LogP contribution in [0.25, 0.3) is 0 Å². The van der Waals surface area contributed by atoms with E-state index >= 15 is 0 Å². The largest absolute Gasteiger partial charge is 0.371 e. The van der Waals surface area contributed by atoms with Gasteiger partial charge in [0.2, 0.25) is 0 Å². The summed E-state index contributed by atoms with van der Waals surface area (Å²) in [6.07, 6.45) is 5.96. The number of ether oxygens (including phenoxy) is 1. The molecule has 0 radical (unpaired) electrons. The van der Waals surface area contributed by atoms with Gasteiger partial charge in [0.25, 0.3) is 0 Å². The molecule has 0 aliphatic carbocycles. The zero-order valence-electron chi connectivity index (χ0n) is 8.65. The van der Waals surface area contributed by atoms with Crippen LogP contribution in [0.5, 0.6) is 0 Å². The number of aromatic nitrogens is 3. The zero-order chi connectivity index (χ0) is 10.2. The van der Waals surface area contributed by atoms with E-state index in [2.05, 4.69) is 23.8 Å². The molecule has 0 aliphatic rings. The summed E-state index contributed by atoms with van der Waals surface area (Å²) in [7, 11) is 0. The molecule has 78 valence electrons. The van der Waals surface area contributed by atoms with Crippen molar-refractivity contribution in [2.24, 2.45) is 0 Å². The molecule has 0 saturated carbocycles. The van der Waals surface area contributed by atoms with Gasteiger partial charge in [-0.05, 0) is 6.42 Å². The van der Waals surface area contributed by atoms with Crippen molar-refractivity contribution in [1.82, 2.24) is 15.0 Å². The fraction of sp³-hybridized carbons (Fsp3) is 0.600. The molecule has 0 amide bonds.